The van der Waals surface area contributed by atoms with Crippen molar-refractivity contribution in [2.45, 2.75) is 13.0 Å². The average molecular weight is 386 g/mol. The third-order valence-corrected chi connectivity index (χ3v) is 4.75. The second-order valence-electron chi connectivity index (χ2n) is 6.65. The van der Waals surface area contributed by atoms with Crippen molar-refractivity contribution < 1.29 is 19.2 Å². The Balaban J connectivity index is 1.56. The summed E-state index contributed by atoms with van der Waals surface area (Å²) in [5, 5.41) is 10.8. The van der Waals surface area contributed by atoms with E-state index in [1.165, 1.54) is 24.7 Å². The van der Waals surface area contributed by atoms with Crippen molar-refractivity contribution in [3.63, 3.8) is 0 Å². The van der Waals surface area contributed by atoms with Crippen molar-refractivity contribution in [2.75, 3.05) is 31.1 Å². The number of amides is 1. The van der Waals surface area contributed by atoms with Gasteiger partial charge in [0.1, 0.15) is 5.69 Å². The quantitative estimate of drug-likeness (QED) is 0.442. The van der Waals surface area contributed by atoms with Crippen molar-refractivity contribution in [3.8, 4) is 0 Å². The molecule has 9 heteroatoms. The van der Waals surface area contributed by atoms with Crippen molar-refractivity contribution in [1.82, 2.24) is 9.47 Å². The molecule has 1 aromatic heterocycles. The van der Waals surface area contributed by atoms with E-state index in [2.05, 4.69) is 4.90 Å². The van der Waals surface area contributed by atoms with E-state index in [4.69, 9.17) is 4.74 Å². The van der Waals surface area contributed by atoms with Crippen LogP contribution in [0.3, 0.4) is 0 Å². The fourth-order valence-electron chi connectivity index (χ4n) is 3.20. The highest BCUT2D eigenvalue weighted by Crippen LogP contribution is 2.18. The summed E-state index contributed by atoms with van der Waals surface area (Å²) in [4.78, 5) is 39.0. The maximum absolute atomic E-state index is 12.6. The van der Waals surface area contributed by atoms with Gasteiger partial charge in [-0.05, 0) is 19.1 Å². The number of anilines is 1. The minimum atomic E-state index is -0.968. The summed E-state index contributed by atoms with van der Waals surface area (Å²) in [5.41, 5.74) is 0.935. The third-order valence-electron chi connectivity index (χ3n) is 4.75. The Bertz CT molecular complexity index is 872. The lowest BCUT2D eigenvalue weighted by atomic mass is 10.2. The van der Waals surface area contributed by atoms with Crippen LogP contribution in [0, 0.1) is 10.1 Å². The molecule has 28 heavy (non-hydrogen) atoms. The Morgan fingerprint density at radius 1 is 1.14 bits per heavy atom. The van der Waals surface area contributed by atoms with Gasteiger partial charge in [0.15, 0.2) is 6.10 Å². The molecular weight excluding hydrogens is 364 g/mol. The Morgan fingerprint density at radius 3 is 2.36 bits per heavy atom. The zero-order chi connectivity index (χ0) is 20.3. The standard InChI is InChI=1S/C19H22N4O5/c1-14(28-19(25)17-12-16(23(26)27)13-20(17)2)18(24)22-10-8-21(9-11-22)15-6-4-3-5-7-15/h3-7,12-14H,8-11H2,1-2H3. The third kappa shape index (κ3) is 4.13. The predicted octanol–water partition coefficient (Wildman–Crippen LogP) is 1.83. The average Bonchev–Trinajstić information content (AvgIpc) is 3.10. The molecule has 2 aromatic rings. The molecule has 0 spiro atoms. The number of para-hydroxylation sites is 1. The summed E-state index contributed by atoms with van der Waals surface area (Å²) in [5.74, 6) is -1.04. The van der Waals surface area contributed by atoms with Crippen LogP contribution in [0.2, 0.25) is 0 Å². The van der Waals surface area contributed by atoms with Crippen LogP contribution in [0.4, 0.5) is 11.4 Å². The molecule has 0 N–H and O–H groups in total. The maximum atomic E-state index is 12.6. The van der Waals surface area contributed by atoms with Crippen molar-refractivity contribution in [2.24, 2.45) is 7.05 Å². The van der Waals surface area contributed by atoms with E-state index in [0.717, 1.165) is 11.8 Å². The summed E-state index contributed by atoms with van der Waals surface area (Å²) in [6.45, 7) is 3.97. The Kier molecular flexibility index (Phi) is 5.62. The number of nitro groups is 1. The first-order valence-corrected chi connectivity index (χ1v) is 8.97. The normalized spacial score (nSPS) is 15.2. The predicted molar refractivity (Wildman–Crippen MR) is 102 cm³/mol. The Labute approximate surface area is 162 Å². The second-order valence-corrected chi connectivity index (χ2v) is 6.65. The lowest BCUT2D eigenvalue weighted by Gasteiger charge is -2.37. The molecule has 2 heterocycles. The van der Waals surface area contributed by atoms with Gasteiger partial charge < -0.3 is 19.1 Å². The number of esters is 1. The number of hydrogen-bond donors (Lipinski definition) is 0. The van der Waals surface area contributed by atoms with E-state index in [1.807, 2.05) is 30.3 Å². The second kappa shape index (κ2) is 8.12. The number of ether oxygens (including phenoxy) is 1. The summed E-state index contributed by atoms with van der Waals surface area (Å²) in [6, 6.07) is 11.1. The number of aromatic nitrogens is 1. The molecule has 0 aliphatic carbocycles. The highest BCUT2D eigenvalue weighted by Gasteiger charge is 2.29. The lowest BCUT2D eigenvalue weighted by Crippen LogP contribution is -2.51. The number of aryl methyl sites for hydroxylation is 1. The minimum absolute atomic E-state index is 0.0280. The first-order chi connectivity index (χ1) is 13.4. The van der Waals surface area contributed by atoms with Crippen molar-refractivity contribution >= 4 is 23.3 Å². The number of carbonyl (C=O) groups excluding carboxylic acids is 2. The molecule has 1 unspecified atom stereocenters. The zero-order valence-corrected chi connectivity index (χ0v) is 15.8. The van der Waals surface area contributed by atoms with Gasteiger partial charge in [-0.15, -0.1) is 0 Å². The Morgan fingerprint density at radius 2 is 1.79 bits per heavy atom. The lowest BCUT2D eigenvalue weighted by molar-refractivity contribution is -0.384. The smallest absolute Gasteiger partial charge is 0.355 e. The van der Waals surface area contributed by atoms with Crippen LogP contribution in [-0.2, 0) is 16.6 Å². The van der Waals surface area contributed by atoms with Gasteiger partial charge >= 0.3 is 5.97 Å². The zero-order valence-electron chi connectivity index (χ0n) is 15.8. The molecule has 3 rings (SSSR count). The molecule has 1 saturated heterocycles. The highest BCUT2D eigenvalue weighted by atomic mass is 16.6. The first-order valence-electron chi connectivity index (χ1n) is 8.97. The largest absolute Gasteiger partial charge is 0.448 e. The van der Waals surface area contributed by atoms with E-state index in [1.54, 1.807) is 4.90 Å². The van der Waals surface area contributed by atoms with E-state index in [9.17, 15) is 19.7 Å². The van der Waals surface area contributed by atoms with Gasteiger partial charge in [-0.2, -0.15) is 0 Å². The molecule has 1 aliphatic heterocycles. The molecule has 0 bridgehead atoms. The molecule has 1 aliphatic rings. The van der Waals surface area contributed by atoms with E-state index >= 15 is 0 Å². The number of hydrogen-bond acceptors (Lipinski definition) is 6. The van der Waals surface area contributed by atoms with Gasteiger partial charge in [0.25, 0.3) is 11.6 Å². The van der Waals surface area contributed by atoms with Gasteiger partial charge in [-0.25, -0.2) is 4.79 Å². The van der Waals surface area contributed by atoms with Crippen LogP contribution in [-0.4, -0.2) is 58.5 Å². The molecule has 1 amide bonds. The van der Waals surface area contributed by atoms with Crippen molar-refractivity contribution in [1.29, 1.82) is 0 Å². The molecule has 9 nitrogen and oxygen atoms in total. The van der Waals surface area contributed by atoms with Crippen LogP contribution in [0.5, 0.6) is 0 Å². The maximum Gasteiger partial charge on any atom is 0.355 e. The topological polar surface area (TPSA) is 97.9 Å². The van der Waals surface area contributed by atoms with Gasteiger partial charge in [0.05, 0.1) is 11.1 Å². The van der Waals surface area contributed by atoms with Crippen molar-refractivity contribution in [3.05, 3.63) is 58.4 Å². The fourth-order valence-corrected chi connectivity index (χ4v) is 3.20. The summed E-state index contributed by atoms with van der Waals surface area (Å²) in [7, 11) is 1.51. The van der Waals surface area contributed by atoms with E-state index < -0.39 is 17.0 Å². The minimum Gasteiger partial charge on any atom is -0.448 e. The monoisotopic (exact) mass is 386 g/mol. The van der Waals surface area contributed by atoms with Gasteiger partial charge in [-0.1, -0.05) is 18.2 Å². The van der Waals surface area contributed by atoms with Crippen LogP contribution < -0.4 is 4.90 Å². The van der Waals surface area contributed by atoms with Gasteiger partial charge in [-0.3, -0.25) is 14.9 Å². The summed E-state index contributed by atoms with van der Waals surface area (Å²) < 4.78 is 6.57. The molecular formula is C19H22N4O5. The summed E-state index contributed by atoms with van der Waals surface area (Å²) >= 11 is 0. The number of nitrogens with zero attached hydrogens (tertiary/aromatic N) is 4. The molecule has 0 radical (unpaired) electrons. The van der Waals surface area contributed by atoms with Crippen LogP contribution >= 0.6 is 0 Å². The van der Waals surface area contributed by atoms with Gasteiger partial charge in [0, 0.05) is 45.0 Å². The number of rotatable bonds is 5. The fraction of sp³-hybridized carbons (Fsp3) is 0.368. The van der Waals surface area contributed by atoms with Crippen LogP contribution in [0.25, 0.3) is 0 Å². The Hall–Kier alpha value is -3.36. The summed E-state index contributed by atoms with van der Waals surface area (Å²) in [6.07, 6.45) is 0.260. The van der Waals surface area contributed by atoms with Crippen LogP contribution in [0.15, 0.2) is 42.6 Å². The first kappa shape index (κ1) is 19.4. The van der Waals surface area contributed by atoms with Gasteiger partial charge in [0.2, 0.25) is 0 Å². The molecule has 148 valence electrons. The molecule has 1 atom stereocenters. The molecule has 1 fully saturated rings. The highest BCUT2D eigenvalue weighted by molar-refractivity contribution is 5.91. The number of benzene rings is 1. The number of piperazine rings is 1. The molecule has 0 saturated carbocycles. The molecule has 1 aromatic carbocycles. The number of carbonyl (C=O) groups is 2. The van der Waals surface area contributed by atoms with E-state index in [0.29, 0.717) is 26.2 Å². The van der Waals surface area contributed by atoms with E-state index in [-0.39, 0.29) is 17.3 Å². The SMILES string of the molecule is CC(OC(=O)c1cc([N+](=O)[O-])cn1C)C(=O)N1CCN(c2ccccc2)CC1. The van der Waals surface area contributed by atoms with Crippen LogP contribution in [0.1, 0.15) is 17.4 Å².